The van der Waals surface area contributed by atoms with E-state index in [1.165, 1.54) is 10.5 Å². The zero-order valence-corrected chi connectivity index (χ0v) is 16.6. The average molecular weight is 414 g/mol. The van der Waals surface area contributed by atoms with E-state index in [0.717, 1.165) is 19.5 Å². The summed E-state index contributed by atoms with van der Waals surface area (Å²) in [6, 6.07) is 3.48. The van der Waals surface area contributed by atoms with E-state index in [1.54, 1.807) is 23.2 Å². The van der Waals surface area contributed by atoms with Crippen LogP contribution in [0.25, 0.3) is 11.0 Å². The number of carbonyl (C=O) groups excluding carboxylic acids is 1. The van der Waals surface area contributed by atoms with Crippen LogP contribution < -0.4 is 5.32 Å². The number of aromatic amines is 1. The van der Waals surface area contributed by atoms with Crippen LogP contribution in [0, 0.1) is 5.92 Å². The second kappa shape index (κ2) is 8.14. The van der Waals surface area contributed by atoms with E-state index in [9.17, 15) is 13.2 Å². The Hall–Kier alpha value is -1.68. The molecule has 4 rings (SSSR count). The molecule has 2 saturated heterocycles. The normalized spacial score (nSPS) is 21.3. The molecule has 27 heavy (non-hydrogen) atoms. The van der Waals surface area contributed by atoms with Gasteiger partial charge in [-0.25, -0.2) is 13.4 Å². The maximum absolute atomic E-state index is 13.0. The topological polar surface area (TPSA) is 98.4 Å². The number of hydrogen-bond donors (Lipinski definition) is 2. The van der Waals surface area contributed by atoms with Crippen molar-refractivity contribution in [3.63, 3.8) is 0 Å². The number of H-pyrrole nitrogens is 1. The molecule has 0 spiro atoms. The van der Waals surface area contributed by atoms with E-state index >= 15 is 0 Å². The van der Waals surface area contributed by atoms with Gasteiger partial charge >= 0.3 is 0 Å². The molecule has 2 aliphatic rings. The minimum absolute atomic E-state index is 0. The predicted molar refractivity (Wildman–Crippen MR) is 104 cm³/mol. The van der Waals surface area contributed by atoms with Crippen molar-refractivity contribution in [1.29, 1.82) is 0 Å². The average Bonchev–Trinajstić information content (AvgIpc) is 3.31. The standard InChI is InChI=1S/C17H23N5O3S.ClH/c23-16(10-13-3-5-18-11-13)21-6-8-22(9-7-21)26(24,25)15-12-20-17-14(15)2-1-4-19-17;/h1-2,4,12-13,18H,3,5-11H2,(H,19,20);1H. The monoisotopic (exact) mass is 413 g/mol. The zero-order valence-electron chi connectivity index (χ0n) is 14.9. The van der Waals surface area contributed by atoms with Crippen LogP contribution in [0.1, 0.15) is 12.8 Å². The van der Waals surface area contributed by atoms with Crippen LogP contribution in [0.2, 0.25) is 0 Å². The van der Waals surface area contributed by atoms with Gasteiger partial charge in [0.2, 0.25) is 15.9 Å². The van der Waals surface area contributed by atoms with Crippen molar-refractivity contribution in [2.24, 2.45) is 5.92 Å². The number of pyridine rings is 1. The molecule has 1 atom stereocenters. The Morgan fingerprint density at radius 3 is 2.74 bits per heavy atom. The van der Waals surface area contributed by atoms with E-state index in [2.05, 4.69) is 15.3 Å². The lowest BCUT2D eigenvalue weighted by atomic mass is 10.0. The number of fused-ring (bicyclic) bond motifs is 1. The quantitative estimate of drug-likeness (QED) is 0.773. The first-order valence-corrected chi connectivity index (χ1v) is 10.4. The number of hydrogen-bond acceptors (Lipinski definition) is 5. The largest absolute Gasteiger partial charge is 0.345 e. The number of nitrogens with one attached hydrogen (secondary N) is 2. The van der Waals surface area contributed by atoms with Gasteiger partial charge in [0.25, 0.3) is 0 Å². The van der Waals surface area contributed by atoms with Crippen LogP contribution in [0.15, 0.2) is 29.4 Å². The molecule has 0 aliphatic carbocycles. The molecule has 0 aromatic carbocycles. The molecule has 0 saturated carbocycles. The van der Waals surface area contributed by atoms with Gasteiger partial charge in [-0.05, 0) is 37.6 Å². The first-order chi connectivity index (χ1) is 12.6. The summed E-state index contributed by atoms with van der Waals surface area (Å²) in [6.45, 7) is 3.41. The second-order valence-corrected chi connectivity index (χ2v) is 8.81. The molecule has 2 aromatic rings. The van der Waals surface area contributed by atoms with E-state index < -0.39 is 10.0 Å². The number of amides is 1. The molecule has 2 aliphatic heterocycles. The molecule has 10 heteroatoms. The molecule has 1 amide bonds. The Balaban J connectivity index is 0.00000210. The number of piperazine rings is 1. The summed E-state index contributed by atoms with van der Waals surface area (Å²) in [7, 11) is -3.60. The maximum Gasteiger partial charge on any atom is 0.245 e. The number of aromatic nitrogens is 2. The van der Waals surface area contributed by atoms with E-state index in [-0.39, 0.29) is 23.2 Å². The third kappa shape index (κ3) is 3.96. The van der Waals surface area contributed by atoms with E-state index in [4.69, 9.17) is 0 Å². The van der Waals surface area contributed by atoms with Crippen LogP contribution in [0.3, 0.4) is 0 Å². The van der Waals surface area contributed by atoms with Crippen LogP contribution in [0.4, 0.5) is 0 Å². The van der Waals surface area contributed by atoms with Crippen molar-refractivity contribution in [2.45, 2.75) is 17.7 Å². The van der Waals surface area contributed by atoms with Crippen molar-refractivity contribution < 1.29 is 13.2 Å². The fourth-order valence-corrected chi connectivity index (χ4v) is 5.30. The fourth-order valence-electron chi connectivity index (χ4n) is 3.73. The van der Waals surface area contributed by atoms with Gasteiger partial charge in [-0.3, -0.25) is 4.79 Å². The molecular weight excluding hydrogens is 390 g/mol. The summed E-state index contributed by atoms with van der Waals surface area (Å²) in [5.74, 6) is 0.537. The molecule has 2 fully saturated rings. The van der Waals surface area contributed by atoms with E-state index in [0.29, 0.717) is 49.6 Å². The van der Waals surface area contributed by atoms with Gasteiger partial charge in [0, 0.05) is 50.4 Å². The molecule has 0 radical (unpaired) electrons. The summed E-state index contributed by atoms with van der Waals surface area (Å²) in [4.78, 5) is 21.5. The number of nitrogens with zero attached hydrogens (tertiary/aromatic N) is 3. The van der Waals surface area contributed by atoms with Crippen LogP contribution in [-0.4, -0.2) is 72.8 Å². The molecule has 2 N–H and O–H groups in total. The van der Waals surface area contributed by atoms with Crippen LogP contribution in [-0.2, 0) is 14.8 Å². The highest BCUT2D eigenvalue weighted by Crippen LogP contribution is 2.25. The minimum atomic E-state index is -3.60. The SMILES string of the molecule is Cl.O=C(CC1CCNC1)N1CCN(S(=O)(=O)c2c[nH]c3ncccc23)CC1. The second-order valence-electron chi connectivity index (χ2n) is 6.90. The maximum atomic E-state index is 13.0. The molecule has 1 unspecified atom stereocenters. The highest BCUT2D eigenvalue weighted by molar-refractivity contribution is 7.89. The Morgan fingerprint density at radius 2 is 2.04 bits per heavy atom. The van der Waals surface area contributed by atoms with Gasteiger partial charge in [-0.15, -0.1) is 12.4 Å². The number of halogens is 1. The van der Waals surface area contributed by atoms with Crippen molar-refractivity contribution in [2.75, 3.05) is 39.3 Å². The Bertz CT molecular complexity index is 902. The molecule has 148 valence electrons. The van der Waals surface area contributed by atoms with Gasteiger partial charge in [-0.2, -0.15) is 4.31 Å². The third-order valence-corrected chi connectivity index (χ3v) is 7.19. The Morgan fingerprint density at radius 1 is 1.26 bits per heavy atom. The van der Waals surface area contributed by atoms with Crippen molar-refractivity contribution in [3.05, 3.63) is 24.5 Å². The fraction of sp³-hybridized carbons (Fsp3) is 0.529. The summed E-state index contributed by atoms with van der Waals surface area (Å²) < 4.78 is 27.4. The highest BCUT2D eigenvalue weighted by atomic mass is 35.5. The van der Waals surface area contributed by atoms with Gasteiger partial charge in [0.1, 0.15) is 10.5 Å². The lowest BCUT2D eigenvalue weighted by Crippen LogP contribution is -2.50. The Kier molecular flexibility index (Phi) is 6.05. The minimum Gasteiger partial charge on any atom is -0.345 e. The van der Waals surface area contributed by atoms with Crippen LogP contribution in [0.5, 0.6) is 0 Å². The summed E-state index contributed by atoms with van der Waals surface area (Å²) >= 11 is 0. The smallest absolute Gasteiger partial charge is 0.245 e. The van der Waals surface area contributed by atoms with Crippen molar-refractivity contribution >= 4 is 39.4 Å². The zero-order chi connectivity index (χ0) is 18.1. The molecular formula is C17H24ClN5O3S. The molecule has 0 bridgehead atoms. The molecule has 8 nitrogen and oxygen atoms in total. The lowest BCUT2D eigenvalue weighted by molar-refractivity contribution is -0.133. The first kappa shape index (κ1) is 20.1. The summed E-state index contributed by atoms with van der Waals surface area (Å²) in [5.41, 5.74) is 0.560. The lowest BCUT2D eigenvalue weighted by Gasteiger charge is -2.34. The molecule has 4 heterocycles. The summed E-state index contributed by atoms with van der Waals surface area (Å²) in [5, 5.41) is 3.87. The van der Waals surface area contributed by atoms with Gasteiger partial charge in [0.05, 0.1) is 0 Å². The first-order valence-electron chi connectivity index (χ1n) is 8.96. The molecule has 2 aromatic heterocycles. The number of sulfonamides is 1. The van der Waals surface area contributed by atoms with Gasteiger partial charge in [-0.1, -0.05) is 0 Å². The number of rotatable bonds is 4. The number of carbonyl (C=O) groups is 1. The third-order valence-electron chi connectivity index (χ3n) is 5.25. The highest BCUT2D eigenvalue weighted by Gasteiger charge is 2.32. The van der Waals surface area contributed by atoms with Crippen LogP contribution >= 0.6 is 12.4 Å². The summed E-state index contributed by atoms with van der Waals surface area (Å²) in [6.07, 6.45) is 4.71. The van der Waals surface area contributed by atoms with Crippen molar-refractivity contribution in [1.82, 2.24) is 24.5 Å². The Labute approximate surface area is 164 Å². The van der Waals surface area contributed by atoms with Gasteiger partial charge in [0.15, 0.2) is 0 Å². The predicted octanol–water partition coefficient (Wildman–Crippen LogP) is 0.817. The van der Waals surface area contributed by atoms with E-state index in [1.807, 2.05) is 0 Å². The van der Waals surface area contributed by atoms with Gasteiger partial charge < -0.3 is 15.2 Å². The van der Waals surface area contributed by atoms with Crippen molar-refractivity contribution in [3.8, 4) is 0 Å².